The third kappa shape index (κ3) is 16.0. The van der Waals surface area contributed by atoms with Crippen molar-refractivity contribution in [3.63, 3.8) is 0 Å². The monoisotopic (exact) mass is 508 g/mol. The normalized spacial score (nSPS) is 18.5. The molecule has 0 bridgehead atoms. The summed E-state index contributed by atoms with van der Waals surface area (Å²) in [4.78, 5) is 8.54. The Morgan fingerprint density at radius 3 is 0.861 bits per heavy atom. The second-order valence-electron chi connectivity index (χ2n) is 12.4. The highest BCUT2D eigenvalue weighted by atomic mass is 15.5. The SMILES string of the molecule is CCCCCC(CCC)CN1CN(CC(CCC)CCCCC)CN(CC(CCC)CCCCC)C1. The molecule has 1 heterocycles. The van der Waals surface area contributed by atoms with Gasteiger partial charge in [0, 0.05) is 19.6 Å². The van der Waals surface area contributed by atoms with E-state index in [0.29, 0.717) is 0 Å². The lowest BCUT2D eigenvalue weighted by atomic mass is 9.94. The van der Waals surface area contributed by atoms with Crippen LogP contribution in [0.25, 0.3) is 0 Å². The summed E-state index contributed by atoms with van der Waals surface area (Å²) in [6, 6.07) is 0. The van der Waals surface area contributed by atoms with Crippen molar-refractivity contribution in [2.24, 2.45) is 17.8 Å². The molecule has 3 atom stereocenters. The highest BCUT2D eigenvalue weighted by Gasteiger charge is 2.28. The average Bonchev–Trinajstić information content (AvgIpc) is 2.85. The molecular weight excluding hydrogens is 438 g/mol. The van der Waals surface area contributed by atoms with Gasteiger partial charge in [-0.2, -0.15) is 0 Å². The predicted octanol–water partition coefficient (Wildman–Crippen LogP) is 9.77. The van der Waals surface area contributed by atoms with Crippen LogP contribution < -0.4 is 0 Å². The maximum atomic E-state index is 2.85. The molecule has 0 spiro atoms. The van der Waals surface area contributed by atoms with Gasteiger partial charge in [-0.25, -0.2) is 0 Å². The number of nitrogens with zero attached hydrogens (tertiary/aromatic N) is 3. The molecule has 0 saturated carbocycles. The number of unbranched alkanes of at least 4 members (excludes halogenated alkanes) is 6. The Kier molecular flexibility index (Phi) is 21.5. The van der Waals surface area contributed by atoms with E-state index in [2.05, 4.69) is 56.2 Å². The van der Waals surface area contributed by atoms with Crippen molar-refractivity contribution in [1.29, 1.82) is 0 Å². The zero-order valence-corrected chi connectivity index (χ0v) is 26.0. The van der Waals surface area contributed by atoms with Crippen LogP contribution in [0.4, 0.5) is 0 Å². The molecule has 0 radical (unpaired) electrons. The van der Waals surface area contributed by atoms with Crippen molar-refractivity contribution < 1.29 is 0 Å². The molecule has 216 valence electrons. The highest BCUT2D eigenvalue weighted by Crippen LogP contribution is 2.24. The lowest BCUT2D eigenvalue weighted by molar-refractivity contribution is -0.0509. The van der Waals surface area contributed by atoms with Gasteiger partial charge < -0.3 is 0 Å². The summed E-state index contributed by atoms with van der Waals surface area (Å²) in [6.07, 6.45) is 25.1. The largest absolute Gasteiger partial charge is 0.277 e. The molecule has 3 heteroatoms. The number of rotatable bonds is 24. The van der Waals surface area contributed by atoms with E-state index in [1.807, 2.05) is 0 Å². The first-order chi connectivity index (χ1) is 17.6. The van der Waals surface area contributed by atoms with Crippen molar-refractivity contribution in [3.8, 4) is 0 Å². The van der Waals surface area contributed by atoms with Crippen molar-refractivity contribution in [2.75, 3.05) is 39.6 Å². The van der Waals surface area contributed by atoms with Gasteiger partial charge in [0.25, 0.3) is 0 Å². The first kappa shape index (κ1) is 33.9. The van der Waals surface area contributed by atoms with Crippen molar-refractivity contribution in [2.45, 2.75) is 157 Å². The zero-order valence-electron chi connectivity index (χ0n) is 26.0. The molecule has 0 aromatic carbocycles. The molecule has 0 amide bonds. The molecule has 1 fully saturated rings. The quantitative estimate of drug-likeness (QED) is 0.120. The summed E-state index contributed by atoms with van der Waals surface area (Å²) in [6.45, 7) is 21.7. The average molecular weight is 508 g/mol. The van der Waals surface area contributed by atoms with E-state index in [9.17, 15) is 0 Å². The molecule has 0 aromatic rings. The third-order valence-corrected chi connectivity index (χ3v) is 8.49. The summed E-state index contributed by atoms with van der Waals surface area (Å²) >= 11 is 0. The van der Waals surface area contributed by atoms with Gasteiger partial charge in [0.15, 0.2) is 0 Å². The Labute approximate surface area is 229 Å². The van der Waals surface area contributed by atoms with Crippen LogP contribution in [-0.2, 0) is 0 Å². The minimum atomic E-state index is 0.885. The van der Waals surface area contributed by atoms with E-state index in [1.54, 1.807) is 0 Å². The summed E-state index contributed by atoms with van der Waals surface area (Å²) in [5, 5.41) is 0. The van der Waals surface area contributed by atoms with Crippen molar-refractivity contribution in [1.82, 2.24) is 14.7 Å². The lowest BCUT2D eigenvalue weighted by Gasteiger charge is -2.45. The molecule has 3 nitrogen and oxygen atoms in total. The Morgan fingerprint density at radius 2 is 0.639 bits per heavy atom. The fourth-order valence-electron chi connectivity index (χ4n) is 6.68. The fraction of sp³-hybridized carbons (Fsp3) is 1.00. The summed E-state index contributed by atoms with van der Waals surface area (Å²) < 4.78 is 0. The van der Waals surface area contributed by atoms with Gasteiger partial charge in [-0.15, -0.1) is 0 Å². The molecule has 1 rings (SSSR count). The van der Waals surface area contributed by atoms with Crippen molar-refractivity contribution >= 4 is 0 Å². The van der Waals surface area contributed by atoms with E-state index < -0.39 is 0 Å². The third-order valence-electron chi connectivity index (χ3n) is 8.49. The van der Waals surface area contributed by atoms with Gasteiger partial charge in [0.05, 0.1) is 20.0 Å². The molecule has 3 unspecified atom stereocenters. The maximum absolute atomic E-state index is 2.85. The van der Waals surface area contributed by atoms with Crippen LogP contribution >= 0.6 is 0 Å². The fourth-order valence-corrected chi connectivity index (χ4v) is 6.68. The number of hydrogen-bond donors (Lipinski definition) is 0. The number of hydrogen-bond acceptors (Lipinski definition) is 3. The van der Waals surface area contributed by atoms with Crippen LogP contribution in [-0.4, -0.2) is 54.3 Å². The standard InChI is InChI=1S/C33H69N3/c1-7-13-16-22-31(19-10-4)25-34-28-35(26-32(20-11-5)23-17-14-8-2)30-36(29-34)27-33(21-12-6)24-18-15-9-3/h31-33H,7-30H2,1-6H3. The van der Waals surface area contributed by atoms with Gasteiger partial charge in [-0.1, -0.05) is 119 Å². The molecular formula is C33H69N3. The second kappa shape index (κ2) is 22.8. The van der Waals surface area contributed by atoms with Gasteiger partial charge in [-0.05, 0) is 56.3 Å². The van der Waals surface area contributed by atoms with Crippen LogP contribution in [0.1, 0.15) is 157 Å². The van der Waals surface area contributed by atoms with E-state index in [-0.39, 0.29) is 0 Å². The molecule has 36 heavy (non-hydrogen) atoms. The van der Waals surface area contributed by atoms with E-state index >= 15 is 0 Å². The van der Waals surface area contributed by atoms with E-state index in [0.717, 1.165) is 17.8 Å². The topological polar surface area (TPSA) is 9.72 Å². The first-order valence-corrected chi connectivity index (χ1v) is 16.8. The van der Waals surface area contributed by atoms with Gasteiger partial charge in [-0.3, -0.25) is 14.7 Å². The second-order valence-corrected chi connectivity index (χ2v) is 12.4. The van der Waals surface area contributed by atoms with E-state index in [1.165, 1.54) is 155 Å². The molecule has 0 aromatic heterocycles. The highest BCUT2D eigenvalue weighted by molar-refractivity contribution is 4.77. The zero-order chi connectivity index (χ0) is 26.4. The molecule has 0 N–H and O–H groups in total. The first-order valence-electron chi connectivity index (χ1n) is 16.8. The minimum Gasteiger partial charge on any atom is -0.277 e. The molecule has 1 saturated heterocycles. The minimum absolute atomic E-state index is 0.885. The van der Waals surface area contributed by atoms with Gasteiger partial charge in [0.1, 0.15) is 0 Å². The van der Waals surface area contributed by atoms with Crippen LogP contribution in [0.2, 0.25) is 0 Å². The Bertz CT molecular complexity index is 395. The van der Waals surface area contributed by atoms with Crippen molar-refractivity contribution in [3.05, 3.63) is 0 Å². The molecule has 1 aliphatic heterocycles. The molecule has 0 aliphatic carbocycles. The lowest BCUT2D eigenvalue weighted by Crippen LogP contribution is -2.57. The van der Waals surface area contributed by atoms with Crippen LogP contribution in [0.5, 0.6) is 0 Å². The van der Waals surface area contributed by atoms with Crippen LogP contribution in [0.15, 0.2) is 0 Å². The van der Waals surface area contributed by atoms with Crippen LogP contribution in [0.3, 0.4) is 0 Å². The smallest absolute Gasteiger partial charge is 0.0530 e. The van der Waals surface area contributed by atoms with E-state index in [4.69, 9.17) is 0 Å². The van der Waals surface area contributed by atoms with Gasteiger partial charge >= 0.3 is 0 Å². The van der Waals surface area contributed by atoms with Crippen LogP contribution in [0, 0.1) is 17.8 Å². The summed E-state index contributed by atoms with van der Waals surface area (Å²) in [5.41, 5.74) is 0. The Hall–Kier alpha value is -0.120. The molecule has 1 aliphatic rings. The van der Waals surface area contributed by atoms with Gasteiger partial charge in [0.2, 0.25) is 0 Å². The summed E-state index contributed by atoms with van der Waals surface area (Å²) in [7, 11) is 0. The maximum Gasteiger partial charge on any atom is 0.0530 e. The Morgan fingerprint density at radius 1 is 0.361 bits per heavy atom. The summed E-state index contributed by atoms with van der Waals surface area (Å²) in [5.74, 6) is 2.65. The Balaban J connectivity index is 2.87. The predicted molar refractivity (Wildman–Crippen MR) is 162 cm³/mol.